The van der Waals surface area contributed by atoms with Gasteiger partial charge >= 0.3 is 0 Å². The highest BCUT2D eigenvalue weighted by atomic mass is 32.2. The lowest BCUT2D eigenvalue weighted by atomic mass is 10.1. The molecule has 0 bridgehead atoms. The maximum atomic E-state index is 13.1. The molecular weight excluding hydrogens is 348 g/mol. The normalized spacial score (nSPS) is 18.7. The molecule has 2 aromatic carbocycles. The van der Waals surface area contributed by atoms with Crippen molar-refractivity contribution in [2.45, 2.75) is 26.2 Å². The van der Waals surface area contributed by atoms with Gasteiger partial charge in [-0.25, -0.2) is 8.42 Å². The van der Waals surface area contributed by atoms with Crippen molar-refractivity contribution in [2.75, 3.05) is 28.0 Å². The van der Waals surface area contributed by atoms with Crippen LogP contribution in [0.5, 0.6) is 0 Å². The fourth-order valence-electron chi connectivity index (χ4n) is 3.78. The number of hydrogen-bond donors (Lipinski definition) is 0. The predicted octanol–water partition coefficient (Wildman–Crippen LogP) is 3.13. The standard InChI is InChI=1S/C20H22N2O3S/c1-15-8-9-17(14-19(15)22-11-4-5-13-26(22,24)25)20(23)21-12-10-16-6-2-3-7-18(16)21/h2-3,6-9,14H,4-5,10-13H2,1H3. The Balaban J connectivity index is 1.70. The minimum absolute atomic E-state index is 0.0781. The molecule has 2 aromatic rings. The Morgan fingerprint density at radius 1 is 1.00 bits per heavy atom. The average Bonchev–Trinajstić information content (AvgIpc) is 3.06. The topological polar surface area (TPSA) is 57.7 Å². The molecule has 136 valence electrons. The molecule has 0 atom stereocenters. The number of nitrogens with zero attached hydrogens (tertiary/aromatic N) is 2. The summed E-state index contributed by atoms with van der Waals surface area (Å²) in [6, 6.07) is 13.3. The first kappa shape index (κ1) is 17.1. The number of para-hydroxylation sites is 1. The third-order valence-corrected chi connectivity index (χ3v) is 7.06. The van der Waals surface area contributed by atoms with E-state index in [1.165, 1.54) is 9.87 Å². The van der Waals surface area contributed by atoms with Gasteiger partial charge in [-0.3, -0.25) is 9.10 Å². The maximum Gasteiger partial charge on any atom is 0.258 e. The van der Waals surface area contributed by atoms with Crippen LogP contribution in [0.2, 0.25) is 0 Å². The van der Waals surface area contributed by atoms with E-state index in [4.69, 9.17) is 0 Å². The van der Waals surface area contributed by atoms with E-state index in [2.05, 4.69) is 0 Å². The molecule has 0 unspecified atom stereocenters. The van der Waals surface area contributed by atoms with Crippen molar-refractivity contribution in [3.63, 3.8) is 0 Å². The molecule has 0 aromatic heterocycles. The summed E-state index contributed by atoms with van der Waals surface area (Å²) < 4.78 is 26.4. The summed E-state index contributed by atoms with van der Waals surface area (Å²) in [6.07, 6.45) is 2.39. The molecule has 2 aliphatic rings. The highest BCUT2D eigenvalue weighted by Gasteiger charge is 2.29. The predicted molar refractivity (Wildman–Crippen MR) is 103 cm³/mol. The minimum Gasteiger partial charge on any atom is -0.308 e. The van der Waals surface area contributed by atoms with Gasteiger partial charge in [-0.1, -0.05) is 24.3 Å². The van der Waals surface area contributed by atoms with Crippen molar-refractivity contribution >= 4 is 27.3 Å². The fraction of sp³-hybridized carbons (Fsp3) is 0.350. The highest BCUT2D eigenvalue weighted by Crippen LogP contribution is 2.31. The van der Waals surface area contributed by atoms with Gasteiger partial charge in [0, 0.05) is 24.3 Å². The first-order valence-corrected chi connectivity index (χ1v) is 10.6. The van der Waals surface area contributed by atoms with E-state index in [0.717, 1.165) is 24.1 Å². The molecule has 2 aliphatic heterocycles. The number of sulfonamides is 1. The minimum atomic E-state index is -3.30. The number of carbonyl (C=O) groups excluding carboxylic acids is 1. The Morgan fingerprint density at radius 2 is 1.81 bits per heavy atom. The Labute approximate surface area is 154 Å². The van der Waals surface area contributed by atoms with E-state index < -0.39 is 10.0 Å². The SMILES string of the molecule is Cc1ccc(C(=O)N2CCc3ccccc32)cc1N1CCCCS1(=O)=O. The van der Waals surface area contributed by atoms with Gasteiger partial charge in [0.15, 0.2) is 0 Å². The molecule has 6 heteroatoms. The second-order valence-electron chi connectivity index (χ2n) is 6.93. The molecule has 0 radical (unpaired) electrons. The number of fused-ring (bicyclic) bond motifs is 1. The van der Waals surface area contributed by atoms with Crippen molar-refractivity contribution in [1.29, 1.82) is 0 Å². The van der Waals surface area contributed by atoms with Crippen molar-refractivity contribution in [3.05, 3.63) is 59.2 Å². The van der Waals surface area contributed by atoms with Crippen molar-refractivity contribution < 1.29 is 13.2 Å². The molecule has 5 nitrogen and oxygen atoms in total. The highest BCUT2D eigenvalue weighted by molar-refractivity contribution is 7.92. The number of anilines is 2. The molecule has 1 fully saturated rings. The maximum absolute atomic E-state index is 13.1. The fourth-order valence-corrected chi connectivity index (χ4v) is 5.47. The monoisotopic (exact) mass is 370 g/mol. The van der Waals surface area contributed by atoms with Crippen LogP contribution in [0, 0.1) is 6.92 Å². The molecule has 1 saturated heterocycles. The molecule has 0 saturated carbocycles. The Bertz CT molecular complexity index is 969. The zero-order valence-corrected chi connectivity index (χ0v) is 15.6. The van der Waals surface area contributed by atoms with Crippen LogP contribution in [-0.2, 0) is 16.4 Å². The second-order valence-corrected chi connectivity index (χ2v) is 8.94. The van der Waals surface area contributed by atoms with Crippen LogP contribution in [0.1, 0.15) is 34.3 Å². The number of benzene rings is 2. The lowest BCUT2D eigenvalue weighted by molar-refractivity contribution is 0.0989. The zero-order chi connectivity index (χ0) is 18.3. The first-order chi connectivity index (χ1) is 12.5. The third-order valence-electron chi connectivity index (χ3n) is 5.21. The van der Waals surface area contributed by atoms with Gasteiger partial charge in [-0.05, 0) is 55.5 Å². The number of hydrogen-bond acceptors (Lipinski definition) is 3. The smallest absolute Gasteiger partial charge is 0.258 e. The van der Waals surface area contributed by atoms with Crippen LogP contribution in [0.4, 0.5) is 11.4 Å². The van der Waals surface area contributed by atoms with E-state index in [0.29, 0.717) is 30.8 Å². The van der Waals surface area contributed by atoms with Crippen molar-refractivity contribution in [3.8, 4) is 0 Å². The number of aryl methyl sites for hydroxylation is 1. The van der Waals surface area contributed by atoms with Crippen molar-refractivity contribution in [1.82, 2.24) is 0 Å². The zero-order valence-electron chi connectivity index (χ0n) is 14.8. The summed E-state index contributed by atoms with van der Waals surface area (Å²) in [5, 5.41) is 0. The van der Waals surface area contributed by atoms with Crippen LogP contribution >= 0.6 is 0 Å². The summed E-state index contributed by atoms with van der Waals surface area (Å²) in [7, 11) is -3.30. The quantitative estimate of drug-likeness (QED) is 0.816. The summed E-state index contributed by atoms with van der Waals surface area (Å²) in [6.45, 7) is 3.02. The van der Waals surface area contributed by atoms with Crippen LogP contribution in [-0.4, -0.2) is 33.2 Å². The van der Waals surface area contributed by atoms with Crippen LogP contribution < -0.4 is 9.21 Å². The van der Waals surface area contributed by atoms with E-state index >= 15 is 0 Å². The van der Waals surface area contributed by atoms with Gasteiger partial charge in [0.2, 0.25) is 10.0 Å². The molecule has 0 N–H and O–H groups in total. The van der Waals surface area contributed by atoms with Crippen LogP contribution in [0.25, 0.3) is 0 Å². The molecule has 1 amide bonds. The van der Waals surface area contributed by atoms with E-state index in [-0.39, 0.29) is 11.7 Å². The van der Waals surface area contributed by atoms with Gasteiger partial charge in [0.05, 0.1) is 11.4 Å². The Morgan fingerprint density at radius 3 is 2.62 bits per heavy atom. The Kier molecular flexibility index (Phi) is 4.23. The largest absolute Gasteiger partial charge is 0.308 e. The second kappa shape index (κ2) is 6.43. The van der Waals surface area contributed by atoms with Gasteiger partial charge in [-0.15, -0.1) is 0 Å². The average molecular weight is 370 g/mol. The number of amides is 1. The summed E-state index contributed by atoms with van der Waals surface area (Å²) in [5.74, 6) is 0.0926. The molecule has 26 heavy (non-hydrogen) atoms. The van der Waals surface area contributed by atoms with Crippen molar-refractivity contribution in [2.24, 2.45) is 0 Å². The van der Waals surface area contributed by atoms with Crippen LogP contribution in [0.3, 0.4) is 0 Å². The summed E-state index contributed by atoms with van der Waals surface area (Å²) in [4.78, 5) is 14.9. The lowest BCUT2D eigenvalue weighted by Gasteiger charge is -2.30. The summed E-state index contributed by atoms with van der Waals surface area (Å²) >= 11 is 0. The number of rotatable bonds is 2. The molecule has 4 rings (SSSR count). The van der Waals surface area contributed by atoms with E-state index in [1.807, 2.05) is 37.3 Å². The molecule has 0 aliphatic carbocycles. The summed E-state index contributed by atoms with van der Waals surface area (Å²) in [5.41, 5.74) is 4.15. The Hall–Kier alpha value is -2.34. The number of carbonyl (C=O) groups is 1. The van der Waals surface area contributed by atoms with Crippen LogP contribution in [0.15, 0.2) is 42.5 Å². The van der Waals surface area contributed by atoms with Gasteiger partial charge in [0.25, 0.3) is 5.91 Å². The first-order valence-electron chi connectivity index (χ1n) is 8.98. The van der Waals surface area contributed by atoms with Gasteiger partial charge in [-0.2, -0.15) is 0 Å². The lowest BCUT2D eigenvalue weighted by Crippen LogP contribution is -2.38. The molecule has 0 spiro atoms. The molecule has 2 heterocycles. The van der Waals surface area contributed by atoms with Gasteiger partial charge < -0.3 is 4.90 Å². The molecular formula is C20H22N2O3S. The van der Waals surface area contributed by atoms with Gasteiger partial charge in [0.1, 0.15) is 0 Å². The van der Waals surface area contributed by atoms with E-state index in [1.54, 1.807) is 17.0 Å². The van der Waals surface area contributed by atoms with E-state index in [9.17, 15) is 13.2 Å². The third kappa shape index (κ3) is 2.88.